The molecule has 1 unspecified atom stereocenters. The fourth-order valence-electron chi connectivity index (χ4n) is 6.36. The molecule has 0 spiro atoms. The Morgan fingerprint density at radius 2 is 1.60 bits per heavy atom. The molecule has 25 heteroatoms. The zero-order valence-corrected chi connectivity index (χ0v) is 37.1. The summed E-state index contributed by atoms with van der Waals surface area (Å²) in [5, 5.41) is 26.5. The minimum Gasteiger partial charge on any atom is -0.744 e. The monoisotopic (exact) mass is 961 g/mol. The minimum absolute atomic E-state index is 0.00445. The van der Waals surface area contributed by atoms with Crippen molar-refractivity contribution in [2.24, 2.45) is 11.0 Å². The lowest BCUT2D eigenvalue weighted by atomic mass is 9.89. The molecule has 8 N–H and O–H groups in total. The molecule has 1 heterocycles. The van der Waals surface area contributed by atoms with Crippen LogP contribution in [-0.4, -0.2) is 107 Å². The summed E-state index contributed by atoms with van der Waals surface area (Å²) >= 11 is 0. The van der Waals surface area contributed by atoms with Crippen LogP contribution in [0.4, 0.5) is 5.69 Å². The molecule has 5 rings (SSSR count). The normalized spacial score (nSPS) is 11.8. The average Bonchev–Trinajstić information content (AvgIpc) is 3.26. The van der Waals surface area contributed by atoms with Crippen LogP contribution in [0.5, 0.6) is 5.75 Å². The van der Waals surface area contributed by atoms with Crippen molar-refractivity contribution in [2.75, 3.05) is 51.8 Å². The number of nitrogens with one attached hydrogen (secondary N) is 3. The number of nitrogen functional groups attached to an aromatic ring is 1. The van der Waals surface area contributed by atoms with Crippen LogP contribution in [-0.2, 0) is 34.5 Å². The Labute approximate surface area is 381 Å². The molecule has 23 nitrogen and oxygen atoms in total. The van der Waals surface area contributed by atoms with Crippen molar-refractivity contribution in [3.63, 3.8) is 0 Å². The van der Waals surface area contributed by atoms with E-state index in [1.165, 1.54) is 36.4 Å². The van der Waals surface area contributed by atoms with Gasteiger partial charge in [0, 0.05) is 57.6 Å². The zero-order valence-electron chi connectivity index (χ0n) is 35.4. The first kappa shape index (κ1) is 50.4. The van der Waals surface area contributed by atoms with Gasteiger partial charge in [0.2, 0.25) is 11.3 Å². The van der Waals surface area contributed by atoms with Crippen LogP contribution in [0.15, 0.2) is 86.1 Å². The Balaban J connectivity index is 1.26. The summed E-state index contributed by atoms with van der Waals surface area (Å²) in [6.07, 6.45) is -1.09. The van der Waals surface area contributed by atoms with Gasteiger partial charge in [-0.15, -0.1) is 0 Å². The van der Waals surface area contributed by atoms with Gasteiger partial charge in [0.05, 0.1) is 31.0 Å². The minimum atomic E-state index is -5.47. The van der Waals surface area contributed by atoms with E-state index in [1.54, 1.807) is 0 Å². The Morgan fingerprint density at radius 3 is 2.24 bits per heavy atom. The average molecular weight is 962 g/mol. The van der Waals surface area contributed by atoms with E-state index < -0.39 is 82.0 Å². The van der Waals surface area contributed by atoms with E-state index in [0.717, 1.165) is 30.3 Å². The molecule has 1 atom stereocenters. The first-order valence-electron chi connectivity index (χ1n) is 19.7. The predicted molar refractivity (Wildman–Crippen MR) is 233 cm³/mol. The van der Waals surface area contributed by atoms with E-state index in [2.05, 4.69) is 37.8 Å². The van der Waals surface area contributed by atoms with Crippen LogP contribution >= 0.6 is 0 Å². The van der Waals surface area contributed by atoms with E-state index in [1.807, 2.05) is 13.8 Å². The van der Waals surface area contributed by atoms with Gasteiger partial charge in [-0.1, -0.05) is 36.9 Å². The number of rotatable bonds is 20. The lowest BCUT2D eigenvalue weighted by Gasteiger charge is -2.22. The molecular weight excluding hydrogens is 921 g/mol. The Hall–Kier alpha value is -7.56. The number of amides is 3. The van der Waals surface area contributed by atoms with Crippen LogP contribution in [0, 0.1) is 17.8 Å². The summed E-state index contributed by atoms with van der Waals surface area (Å²) in [5.41, 5.74) is 12.0. The highest BCUT2D eigenvalue weighted by molar-refractivity contribution is 7.86. The summed E-state index contributed by atoms with van der Waals surface area (Å²) in [6, 6.07) is 13.6. The number of nitrogens with two attached hydrogens (primary N) is 2. The van der Waals surface area contributed by atoms with E-state index in [0.29, 0.717) is 0 Å². The molecule has 3 aromatic carbocycles. The number of benzene rings is 4. The lowest BCUT2D eigenvalue weighted by Crippen LogP contribution is -2.47. The molecule has 0 fully saturated rings. The quantitative estimate of drug-likeness (QED) is 0.00924. The molecule has 0 saturated carbocycles. The molecule has 1 aliphatic carbocycles. The van der Waals surface area contributed by atoms with Crippen molar-refractivity contribution >= 4 is 60.6 Å². The van der Waals surface area contributed by atoms with Crippen molar-refractivity contribution in [2.45, 2.75) is 29.9 Å². The molecule has 352 valence electrons. The molecular formula is C42H41N8O15S2-. The number of hydrogen-bond donors (Lipinski definition) is 6. The van der Waals surface area contributed by atoms with Gasteiger partial charge in [-0.25, -0.2) is 21.6 Å². The third-order valence-corrected chi connectivity index (χ3v) is 11.1. The van der Waals surface area contributed by atoms with Gasteiger partial charge >= 0.3 is 5.97 Å². The molecule has 2 aliphatic rings. The van der Waals surface area contributed by atoms with Crippen molar-refractivity contribution in [3.05, 3.63) is 99.2 Å². The standard InChI is InChI=1S/C42H42N8O15S2/c1-23(2)5-4-14-46-33(51)21-62-17-18-63-34(49-50-45)22-64-26-7-3-6-24(19-26)40(52)47-15-16-48-41(53)25-8-9-27(42(54)55)30(20-25)35-28-10-12-31(43)38(66(56,57)58)36(28)65-37-29(35)11-13-32(44)39(37)67(59,60)61/h3,6-13,19-20,23,34,43H,14-18,21-22,44H2,1-2H3,(H,46,51)(H,47,52)(H,48,53)(H,54,55)(H,56,57,58)(H,59,60,61)/p-1. The van der Waals surface area contributed by atoms with Crippen molar-refractivity contribution in [1.82, 2.24) is 16.0 Å². The number of hydrogen-bond acceptors (Lipinski definition) is 16. The second kappa shape index (κ2) is 22.1. The van der Waals surface area contributed by atoms with E-state index in [4.69, 9.17) is 35.3 Å². The number of azide groups is 1. The van der Waals surface area contributed by atoms with Gasteiger partial charge in [-0.3, -0.25) is 19.8 Å². The second-order valence-corrected chi connectivity index (χ2v) is 17.0. The number of carboxylic acids is 1. The topological polar surface area (TPSA) is 380 Å². The molecule has 3 amide bonds. The Bertz CT molecular complexity index is 3100. The van der Waals surface area contributed by atoms with Gasteiger partial charge in [-0.05, 0) is 65.7 Å². The maximum atomic E-state index is 13.5. The molecule has 0 saturated heterocycles. The van der Waals surface area contributed by atoms with Crippen molar-refractivity contribution in [3.8, 4) is 40.0 Å². The van der Waals surface area contributed by atoms with Crippen LogP contribution < -0.4 is 37.2 Å². The maximum absolute atomic E-state index is 13.5. The predicted octanol–water partition coefficient (Wildman–Crippen LogP) is 0.937. The molecule has 0 bridgehead atoms. The van der Waals surface area contributed by atoms with Crippen LogP contribution in [0.1, 0.15) is 44.9 Å². The van der Waals surface area contributed by atoms with Gasteiger partial charge in [-0.2, -0.15) is 0 Å². The van der Waals surface area contributed by atoms with Gasteiger partial charge in [0.25, 0.3) is 11.8 Å². The van der Waals surface area contributed by atoms with Crippen LogP contribution in [0.25, 0.3) is 43.9 Å². The zero-order chi connectivity index (χ0) is 49.1. The summed E-state index contributed by atoms with van der Waals surface area (Å²) < 4.78 is 96.7. The Morgan fingerprint density at radius 1 is 0.910 bits per heavy atom. The second-order valence-electron chi connectivity index (χ2n) is 14.4. The number of carbonyl (C=O) groups excluding carboxylic acids is 3. The highest BCUT2D eigenvalue weighted by Crippen LogP contribution is 2.45. The maximum Gasteiger partial charge on any atom is 0.336 e. The number of anilines is 1. The van der Waals surface area contributed by atoms with Gasteiger partial charge in [0.1, 0.15) is 44.1 Å². The van der Waals surface area contributed by atoms with Crippen molar-refractivity contribution in [1.29, 1.82) is 0 Å². The summed E-state index contributed by atoms with van der Waals surface area (Å²) in [6.45, 7) is 3.25. The number of fused-ring (bicyclic) bond motifs is 2. The Kier molecular flexibility index (Phi) is 16.6. The molecule has 0 radical (unpaired) electrons. The molecule has 3 aromatic rings. The van der Waals surface area contributed by atoms with E-state index >= 15 is 0 Å². The van der Waals surface area contributed by atoms with Crippen LogP contribution in [0.2, 0.25) is 0 Å². The smallest absolute Gasteiger partial charge is 0.336 e. The lowest BCUT2D eigenvalue weighted by molar-refractivity contribution is -0.176. The largest absolute Gasteiger partial charge is 0.744 e. The highest BCUT2D eigenvalue weighted by atomic mass is 32.2. The number of nitrogens with zero attached hydrogens (tertiary/aromatic N) is 3. The highest BCUT2D eigenvalue weighted by Gasteiger charge is 2.30. The van der Waals surface area contributed by atoms with E-state index in [-0.39, 0.29) is 96.8 Å². The first-order chi connectivity index (χ1) is 31.7. The number of ether oxygens (including phenoxy) is 3. The SMILES string of the molecule is CC(C)C#CCNC(=O)COCCOC(COc1cccc(C(=O)NCCNC(=O)c2ccc(C(=O)O)c(-c3c4ccc(=[NH2+])c(S(=O)(=O)[O-])c-4oc4c(S(=O)(=O)[O-])c(N)ccc34)c2)c1)N=[N+]=[N-]. The number of carboxylic acid groups (broad SMARTS) is 1. The number of aromatic carboxylic acids is 1. The number of carbonyl (C=O) groups is 4. The van der Waals surface area contributed by atoms with Crippen LogP contribution in [0.3, 0.4) is 0 Å². The summed E-state index contributed by atoms with van der Waals surface area (Å²) in [4.78, 5) is 51.4. The third-order valence-electron chi connectivity index (χ3n) is 9.21. The molecule has 67 heavy (non-hydrogen) atoms. The first-order valence-corrected chi connectivity index (χ1v) is 22.5. The summed E-state index contributed by atoms with van der Waals surface area (Å²) in [5.74, 6) is 2.04. The third kappa shape index (κ3) is 13.0. The van der Waals surface area contributed by atoms with Gasteiger partial charge in [0.15, 0.2) is 22.5 Å². The fourth-order valence-corrected chi connectivity index (χ4v) is 7.83. The molecule has 1 aliphatic heterocycles. The van der Waals surface area contributed by atoms with E-state index in [9.17, 15) is 50.2 Å². The van der Waals surface area contributed by atoms with Gasteiger partial charge < -0.3 is 54.5 Å². The fraction of sp³-hybridized carbons (Fsp3) is 0.262. The van der Waals surface area contributed by atoms with Crippen molar-refractivity contribution < 1.29 is 74.3 Å². The summed E-state index contributed by atoms with van der Waals surface area (Å²) in [7, 11) is -10.9. The molecule has 0 aromatic heterocycles.